The minimum Gasteiger partial charge on any atom is -0.469 e. The van der Waals surface area contributed by atoms with Crippen molar-refractivity contribution in [1.29, 1.82) is 0 Å². The zero-order valence-corrected chi connectivity index (χ0v) is 12.4. The van der Waals surface area contributed by atoms with E-state index in [1.807, 2.05) is 6.92 Å². The Bertz CT molecular complexity index is 443. The Morgan fingerprint density at radius 3 is 2.65 bits per heavy atom. The van der Waals surface area contributed by atoms with Crippen molar-refractivity contribution in [2.75, 3.05) is 7.11 Å². The third-order valence-corrected chi connectivity index (χ3v) is 3.59. The van der Waals surface area contributed by atoms with E-state index in [4.69, 9.17) is 4.74 Å². The predicted octanol–water partition coefficient (Wildman–Crippen LogP) is 3.10. The summed E-state index contributed by atoms with van der Waals surface area (Å²) < 4.78 is 18.5. The highest BCUT2D eigenvalue weighted by molar-refractivity contribution is 5.73. The Kier molecular flexibility index (Phi) is 6.14. The number of halogens is 1. The van der Waals surface area contributed by atoms with Gasteiger partial charge in [-0.25, -0.2) is 4.39 Å². The molecular weight excluding hydrogens is 259 g/mol. The van der Waals surface area contributed by atoms with E-state index < -0.39 is 17.5 Å². The molecule has 0 heterocycles. The smallest absolute Gasteiger partial charge is 0.311 e. The number of rotatable bonds is 7. The fraction of sp³-hybridized carbons (Fsp3) is 0.562. The number of methoxy groups -OCH3 is 1. The number of hydrogen-bond donors (Lipinski definition) is 1. The lowest BCUT2D eigenvalue weighted by molar-refractivity contribution is -0.155. The molecule has 0 aliphatic rings. The van der Waals surface area contributed by atoms with Crippen molar-refractivity contribution >= 4 is 5.97 Å². The fourth-order valence-electron chi connectivity index (χ4n) is 2.38. The van der Waals surface area contributed by atoms with Crippen LogP contribution in [0.5, 0.6) is 0 Å². The number of ether oxygens (including phenoxy) is 1. The summed E-state index contributed by atoms with van der Waals surface area (Å²) in [7, 11) is 1.31. The standard InChI is InChI=1S/C16H23FO3/c1-4-5-9-13(15(18)20-3)16(2,19)11-12-8-6-7-10-14(12)17/h6-8,10,13,19H,4-5,9,11H2,1-3H3. The van der Waals surface area contributed by atoms with Gasteiger partial charge < -0.3 is 9.84 Å². The summed E-state index contributed by atoms with van der Waals surface area (Å²) in [5.74, 6) is -1.46. The summed E-state index contributed by atoms with van der Waals surface area (Å²) in [5, 5.41) is 10.6. The molecule has 0 fully saturated rings. The molecular formula is C16H23FO3. The molecule has 3 nitrogen and oxygen atoms in total. The molecule has 20 heavy (non-hydrogen) atoms. The molecule has 1 N–H and O–H groups in total. The predicted molar refractivity (Wildman–Crippen MR) is 75.8 cm³/mol. The molecule has 0 spiro atoms. The van der Waals surface area contributed by atoms with Gasteiger partial charge in [-0.05, 0) is 25.0 Å². The molecule has 0 amide bonds. The van der Waals surface area contributed by atoms with Crippen LogP contribution >= 0.6 is 0 Å². The van der Waals surface area contributed by atoms with Crippen molar-refractivity contribution < 1.29 is 19.0 Å². The number of hydrogen-bond acceptors (Lipinski definition) is 3. The number of unbranched alkanes of at least 4 members (excludes halogenated alkanes) is 1. The van der Waals surface area contributed by atoms with Gasteiger partial charge in [-0.1, -0.05) is 38.0 Å². The summed E-state index contributed by atoms with van der Waals surface area (Å²) in [5.41, 5.74) is -0.923. The Morgan fingerprint density at radius 1 is 1.45 bits per heavy atom. The molecule has 4 heteroatoms. The Balaban J connectivity index is 2.92. The minimum atomic E-state index is -1.33. The van der Waals surface area contributed by atoms with Crippen molar-refractivity contribution in [3.8, 4) is 0 Å². The lowest BCUT2D eigenvalue weighted by Gasteiger charge is -2.31. The first-order valence-electron chi connectivity index (χ1n) is 6.96. The number of esters is 1. The maximum absolute atomic E-state index is 13.7. The molecule has 1 aromatic carbocycles. The van der Waals surface area contributed by atoms with Crippen LogP contribution in [0.25, 0.3) is 0 Å². The summed E-state index contributed by atoms with van der Waals surface area (Å²) in [6, 6.07) is 6.29. The molecule has 0 radical (unpaired) electrons. The van der Waals surface area contributed by atoms with Gasteiger partial charge in [0.2, 0.25) is 0 Å². The molecule has 0 bridgehead atoms. The van der Waals surface area contributed by atoms with Crippen molar-refractivity contribution in [2.45, 2.75) is 45.1 Å². The van der Waals surface area contributed by atoms with E-state index in [1.165, 1.54) is 13.2 Å². The van der Waals surface area contributed by atoms with Crippen LogP contribution in [-0.4, -0.2) is 23.8 Å². The maximum atomic E-state index is 13.7. The lowest BCUT2D eigenvalue weighted by Crippen LogP contribution is -2.42. The zero-order chi connectivity index (χ0) is 15.2. The third-order valence-electron chi connectivity index (χ3n) is 3.59. The monoisotopic (exact) mass is 282 g/mol. The second-order valence-electron chi connectivity index (χ2n) is 5.34. The molecule has 0 saturated heterocycles. The fourth-order valence-corrected chi connectivity index (χ4v) is 2.38. The van der Waals surface area contributed by atoms with Gasteiger partial charge in [0.25, 0.3) is 0 Å². The van der Waals surface area contributed by atoms with Crippen LogP contribution in [0.1, 0.15) is 38.7 Å². The average Bonchev–Trinajstić information content (AvgIpc) is 2.41. The third kappa shape index (κ3) is 4.30. The molecule has 0 saturated carbocycles. The van der Waals surface area contributed by atoms with Gasteiger partial charge in [0.15, 0.2) is 0 Å². The average molecular weight is 282 g/mol. The Labute approximate surface area is 119 Å². The van der Waals surface area contributed by atoms with E-state index in [2.05, 4.69) is 0 Å². The van der Waals surface area contributed by atoms with Crippen molar-refractivity contribution in [3.63, 3.8) is 0 Å². The first-order valence-corrected chi connectivity index (χ1v) is 6.96. The first kappa shape index (κ1) is 16.6. The quantitative estimate of drug-likeness (QED) is 0.782. The molecule has 1 rings (SSSR count). The van der Waals surface area contributed by atoms with Crippen molar-refractivity contribution in [3.05, 3.63) is 35.6 Å². The highest BCUT2D eigenvalue weighted by Crippen LogP contribution is 2.28. The Morgan fingerprint density at radius 2 is 2.10 bits per heavy atom. The van der Waals surface area contributed by atoms with E-state index in [9.17, 15) is 14.3 Å². The van der Waals surface area contributed by atoms with Crippen LogP contribution in [0.4, 0.5) is 4.39 Å². The summed E-state index contributed by atoms with van der Waals surface area (Å²) in [6.07, 6.45) is 2.35. The minimum absolute atomic E-state index is 0.0865. The highest BCUT2D eigenvalue weighted by Gasteiger charge is 2.38. The summed E-state index contributed by atoms with van der Waals surface area (Å²) in [4.78, 5) is 11.9. The van der Waals surface area contributed by atoms with Gasteiger partial charge in [0.1, 0.15) is 5.82 Å². The number of carbonyl (C=O) groups is 1. The van der Waals surface area contributed by atoms with E-state index in [0.717, 1.165) is 12.8 Å². The summed E-state index contributed by atoms with van der Waals surface area (Å²) >= 11 is 0. The lowest BCUT2D eigenvalue weighted by atomic mass is 9.80. The van der Waals surface area contributed by atoms with E-state index in [0.29, 0.717) is 12.0 Å². The van der Waals surface area contributed by atoms with Crippen molar-refractivity contribution in [1.82, 2.24) is 0 Å². The van der Waals surface area contributed by atoms with Gasteiger partial charge in [-0.3, -0.25) is 4.79 Å². The van der Waals surface area contributed by atoms with Gasteiger partial charge in [0, 0.05) is 6.42 Å². The second kappa shape index (κ2) is 7.39. The number of benzene rings is 1. The number of aliphatic hydroxyl groups is 1. The van der Waals surface area contributed by atoms with Crippen LogP contribution in [0.3, 0.4) is 0 Å². The van der Waals surface area contributed by atoms with Crippen molar-refractivity contribution in [2.24, 2.45) is 5.92 Å². The van der Waals surface area contributed by atoms with Crippen LogP contribution < -0.4 is 0 Å². The maximum Gasteiger partial charge on any atom is 0.311 e. The molecule has 1 aromatic rings. The van der Waals surface area contributed by atoms with E-state index >= 15 is 0 Å². The van der Waals surface area contributed by atoms with Crippen LogP contribution in [0, 0.1) is 11.7 Å². The van der Waals surface area contributed by atoms with E-state index in [1.54, 1.807) is 25.1 Å². The number of carbonyl (C=O) groups excluding carboxylic acids is 1. The molecule has 112 valence electrons. The molecule has 2 unspecified atom stereocenters. The highest BCUT2D eigenvalue weighted by atomic mass is 19.1. The SMILES string of the molecule is CCCCC(C(=O)OC)C(C)(O)Cc1ccccc1F. The second-order valence-corrected chi connectivity index (χ2v) is 5.34. The zero-order valence-electron chi connectivity index (χ0n) is 12.4. The van der Waals surface area contributed by atoms with Crippen LogP contribution in [0.2, 0.25) is 0 Å². The topological polar surface area (TPSA) is 46.5 Å². The normalized spacial score (nSPS) is 15.4. The first-order chi connectivity index (χ1) is 9.42. The van der Waals surface area contributed by atoms with Gasteiger partial charge in [0.05, 0.1) is 18.6 Å². The summed E-state index contributed by atoms with van der Waals surface area (Å²) in [6.45, 7) is 3.58. The molecule has 0 aliphatic heterocycles. The molecule has 2 atom stereocenters. The van der Waals surface area contributed by atoms with Gasteiger partial charge in [-0.15, -0.1) is 0 Å². The van der Waals surface area contributed by atoms with Crippen LogP contribution in [0.15, 0.2) is 24.3 Å². The van der Waals surface area contributed by atoms with Crippen LogP contribution in [-0.2, 0) is 16.0 Å². The largest absolute Gasteiger partial charge is 0.469 e. The molecule has 0 aliphatic carbocycles. The molecule has 0 aromatic heterocycles. The van der Waals surface area contributed by atoms with Gasteiger partial charge in [-0.2, -0.15) is 0 Å². The Hall–Kier alpha value is -1.42. The van der Waals surface area contributed by atoms with E-state index in [-0.39, 0.29) is 12.2 Å². The van der Waals surface area contributed by atoms with Gasteiger partial charge >= 0.3 is 5.97 Å².